The zero-order chi connectivity index (χ0) is 31.0. The molecule has 2 heterocycles. The highest BCUT2D eigenvalue weighted by molar-refractivity contribution is 6.53. The van der Waals surface area contributed by atoms with Crippen molar-refractivity contribution in [3.63, 3.8) is 0 Å². The van der Waals surface area contributed by atoms with Crippen LogP contribution in [-0.2, 0) is 19.2 Å². The number of halogens is 2. The first kappa shape index (κ1) is 29.2. The number of aromatic carboxylic acids is 1. The average molecular weight is 629 g/mol. The third-order valence-corrected chi connectivity index (χ3v) is 10.5. The first-order valence-electron chi connectivity index (χ1n) is 13.5. The fraction of sp³-hybridized carbons (Fsp3) is 0.367. The third-order valence-electron chi connectivity index (χ3n) is 9.06. The molecule has 3 N–H and O–H groups in total. The van der Waals surface area contributed by atoms with E-state index in [1.807, 2.05) is 0 Å². The molecular weight excluding hydrogens is 603 g/mol. The second-order valence-electron chi connectivity index (χ2n) is 11.2. The monoisotopic (exact) mass is 628 g/mol. The summed E-state index contributed by atoms with van der Waals surface area (Å²) in [4.78, 5) is 64.2. The molecule has 1 saturated carbocycles. The van der Waals surface area contributed by atoms with Crippen molar-refractivity contribution >= 4 is 58.5 Å². The zero-order valence-electron chi connectivity index (χ0n) is 22.7. The van der Waals surface area contributed by atoms with Gasteiger partial charge in [-0.25, -0.2) is 9.69 Å². The summed E-state index contributed by atoms with van der Waals surface area (Å²) in [6.07, 6.45) is 1.76. The molecule has 2 aliphatic carbocycles. The van der Waals surface area contributed by atoms with Gasteiger partial charge in [-0.2, -0.15) is 0 Å². The fourth-order valence-electron chi connectivity index (χ4n) is 7.13. The second kappa shape index (κ2) is 10.1. The number of aliphatic hydroxyl groups excluding tert-OH is 1. The Bertz CT molecular complexity index is 1630. The summed E-state index contributed by atoms with van der Waals surface area (Å²) in [7, 11) is 1.31. The van der Waals surface area contributed by atoms with E-state index >= 15 is 0 Å². The van der Waals surface area contributed by atoms with E-state index in [1.165, 1.54) is 13.1 Å². The van der Waals surface area contributed by atoms with Crippen LogP contribution in [0.15, 0.2) is 54.1 Å². The van der Waals surface area contributed by atoms with Gasteiger partial charge in [0.1, 0.15) is 23.7 Å². The van der Waals surface area contributed by atoms with Crippen LogP contribution < -0.4 is 9.64 Å². The summed E-state index contributed by atoms with van der Waals surface area (Å²) in [5.41, 5.74) is 0.784. The van der Waals surface area contributed by atoms with Crippen molar-refractivity contribution in [3.8, 4) is 11.5 Å². The van der Waals surface area contributed by atoms with Crippen LogP contribution in [0.1, 0.15) is 34.7 Å². The minimum Gasteiger partial charge on any atom is -0.507 e. The molecule has 2 aromatic carbocycles. The lowest BCUT2D eigenvalue weighted by molar-refractivity contribution is -0.138. The molecule has 43 heavy (non-hydrogen) atoms. The van der Waals surface area contributed by atoms with E-state index in [1.54, 1.807) is 30.3 Å². The number of benzene rings is 2. The summed E-state index contributed by atoms with van der Waals surface area (Å²) < 4.78 is 5.47. The Hall–Kier alpha value is -3.93. The number of carboxylic acids is 1. The number of nitrogens with zero attached hydrogens (tertiary/aromatic N) is 2. The number of alkyl halides is 2. The minimum atomic E-state index is -1.93. The van der Waals surface area contributed by atoms with E-state index in [4.69, 9.17) is 33.0 Å². The van der Waals surface area contributed by atoms with E-state index in [9.17, 15) is 34.2 Å². The maximum atomic E-state index is 14.0. The Labute approximate surface area is 255 Å². The molecule has 2 aliphatic heterocycles. The van der Waals surface area contributed by atoms with Crippen LogP contribution in [0.3, 0.4) is 0 Å². The Kier molecular flexibility index (Phi) is 6.83. The van der Waals surface area contributed by atoms with Crippen LogP contribution in [0.5, 0.6) is 11.5 Å². The predicted molar refractivity (Wildman–Crippen MR) is 152 cm³/mol. The number of fused-ring (bicyclic) bond motifs is 4. The van der Waals surface area contributed by atoms with Gasteiger partial charge >= 0.3 is 5.97 Å². The van der Waals surface area contributed by atoms with Gasteiger partial charge in [-0.1, -0.05) is 23.8 Å². The summed E-state index contributed by atoms with van der Waals surface area (Å²) in [5.74, 6) is -7.46. The normalized spacial score (nSPS) is 31.5. The molecule has 2 saturated heterocycles. The Morgan fingerprint density at radius 3 is 2.35 bits per heavy atom. The molecule has 0 spiro atoms. The molecule has 4 amide bonds. The number of anilines is 1. The van der Waals surface area contributed by atoms with Gasteiger partial charge in [-0.15, -0.1) is 23.2 Å². The van der Waals surface area contributed by atoms with Gasteiger partial charge in [0.25, 0.3) is 11.8 Å². The number of rotatable bonds is 6. The largest absolute Gasteiger partial charge is 0.507 e. The van der Waals surface area contributed by atoms with Gasteiger partial charge in [-0.3, -0.25) is 24.1 Å². The number of likely N-dealkylation sites (tertiary alicyclic amines) is 1. The molecule has 11 nitrogen and oxygen atoms in total. The molecule has 0 aromatic heterocycles. The number of hydrogen-bond acceptors (Lipinski definition) is 8. The Balaban J connectivity index is 1.44. The number of ether oxygens (including phenoxy) is 1. The van der Waals surface area contributed by atoms with E-state index in [-0.39, 0.29) is 37.3 Å². The molecule has 0 bridgehead atoms. The summed E-state index contributed by atoms with van der Waals surface area (Å²) >= 11 is 14.3. The molecule has 4 aliphatic rings. The first-order valence-corrected chi connectivity index (χ1v) is 14.3. The van der Waals surface area contributed by atoms with Crippen molar-refractivity contribution in [2.24, 2.45) is 17.8 Å². The minimum absolute atomic E-state index is 0.0124. The highest BCUT2D eigenvalue weighted by Gasteiger charge is 2.75. The lowest BCUT2D eigenvalue weighted by atomic mass is 9.56. The third kappa shape index (κ3) is 3.94. The quantitative estimate of drug-likeness (QED) is 0.248. The first-order chi connectivity index (χ1) is 20.4. The van der Waals surface area contributed by atoms with Gasteiger partial charge in [0, 0.05) is 19.0 Å². The summed E-state index contributed by atoms with van der Waals surface area (Å²) in [5, 5.41) is 28.6. The number of allylic oxidation sites excluding steroid dienone is 2. The molecule has 6 atom stereocenters. The fourth-order valence-corrected chi connectivity index (χ4v) is 8.15. The van der Waals surface area contributed by atoms with Crippen LogP contribution in [0.4, 0.5) is 5.69 Å². The van der Waals surface area contributed by atoms with E-state index in [0.717, 1.165) is 21.9 Å². The standard InChI is InChI=1S/C30H26Cl2N2O9/c1-33-27(41)29(31)13-20-17(23(30(29,32)28(33)42)14-2-5-16(6-3-14)43-11-10-35)8-9-19-22(20)25(38)34(24(19)37)15-4-7-18(26(39)40)21(36)12-15/h2-8,12,19-20,22-23,35-36H,9-11,13H2,1H3,(H,39,40). The van der Waals surface area contributed by atoms with Crippen molar-refractivity contribution < 1.29 is 44.0 Å². The van der Waals surface area contributed by atoms with Crippen molar-refractivity contribution in [3.05, 3.63) is 65.2 Å². The molecule has 224 valence electrons. The van der Waals surface area contributed by atoms with E-state index in [0.29, 0.717) is 16.9 Å². The number of carbonyl (C=O) groups is 5. The van der Waals surface area contributed by atoms with Gasteiger partial charge in [-0.05, 0) is 48.6 Å². The van der Waals surface area contributed by atoms with Crippen molar-refractivity contribution in [1.82, 2.24) is 4.90 Å². The molecule has 6 unspecified atom stereocenters. The van der Waals surface area contributed by atoms with Crippen LogP contribution in [-0.4, -0.2) is 79.8 Å². The molecule has 13 heteroatoms. The van der Waals surface area contributed by atoms with Gasteiger partial charge in [0.15, 0.2) is 9.75 Å². The SMILES string of the molecule is CN1C(=O)C2(Cl)CC3C(=CCC4C(=O)N(c5ccc(C(=O)O)c(O)c5)C(=O)C43)C(c3ccc(OCCO)cc3)C2(Cl)C1=O. The van der Waals surface area contributed by atoms with Crippen LogP contribution in [0.2, 0.25) is 0 Å². The number of aliphatic hydroxyl groups is 1. The number of imide groups is 2. The molecule has 0 radical (unpaired) electrons. The number of amides is 4. The highest BCUT2D eigenvalue weighted by atomic mass is 35.5. The predicted octanol–water partition coefficient (Wildman–Crippen LogP) is 2.65. The summed E-state index contributed by atoms with van der Waals surface area (Å²) in [6.45, 7) is -0.109. The van der Waals surface area contributed by atoms with Crippen LogP contribution in [0.25, 0.3) is 0 Å². The lowest BCUT2D eigenvalue weighted by Gasteiger charge is -2.50. The number of hydrogen-bond donors (Lipinski definition) is 3. The number of aromatic hydroxyl groups is 1. The maximum absolute atomic E-state index is 14.0. The van der Waals surface area contributed by atoms with Crippen molar-refractivity contribution in [2.45, 2.75) is 28.5 Å². The number of carboxylic acid groups (broad SMARTS) is 1. The van der Waals surface area contributed by atoms with Crippen LogP contribution >= 0.6 is 23.2 Å². The average Bonchev–Trinajstić information content (AvgIpc) is 3.31. The Morgan fingerprint density at radius 2 is 1.72 bits per heavy atom. The lowest BCUT2D eigenvalue weighted by Crippen LogP contribution is -2.60. The topological polar surface area (TPSA) is 162 Å². The van der Waals surface area contributed by atoms with Gasteiger partial charge < -0.3 is 20.1 Å². The Morgan fingerprint density at radius 1 is 1.02 bits per heavy atom. The summed E-state index contributed by atoms with van der Waals surface area (Å²) in [6, 6.07) is 10.1. The second-order valence-corrected chi connectivity index (χ2v) is 12.4. The van der Waals surface area contributed by atoms with Crippen molar-refractivity contribution in [2.75, 3.05) is 25.2 Å². The van der Waals surface area contributed by atoms with Gasteiger partial charge in [0.05, 0.1) is 24.1 Å². The molecule has 3 fully saturated rings. The maximum Gasteiger partial charge on any atom is 0.339 e. The molecular formula is C30H26Cl2N2O9. The highest BCUT2D eigenvalue weighted by Crippen LogP contribution is 2.65. The smallest absolute Gasteiger partial charge is 0.339 e. The van der Waals surface area contributed by atoms with E-state index in [2.05, 4.69) is 0 Å². The zero-order valence-corrected chi connectivity index (χ0v) is 24.2. The van der Waals surface area contributed by atoms with E-state index < -0.39 is 68.8 Å². The number of carbonyl (C=O) groups excluding carboxylic acids is 4. The van der Waals surface area contributed by atoms with Gasteiger partial charge in [0.2, 0.25) is 11.8 Å². The number of phenols is 1. The molecule has 2 aromatic rings. The van der Waals surface area contributed by atoms with Crippen LogP contribution in [0, 0.1) is 17.8 Å². The van der Waals surface area contributed by atoms with Crippen molar-refractivity contribution in [1.29, 1.82) is 0 Å². The molecule has 6 rings (SSSR count).